The van der Waals surface area contributed by atoms with Gasteiger partial charge in [0.1, 0.15) is 6.04 Å². The Morgan fingerprint density at radius 1 is 0.964 bits per heavy atom. The van der Waals surface area contributed by atoms with E-state index in [0.29, 0.717) is 35.8 Å². The van der Waals surface area contributed by atoms with Crippen LogP contribution in [0.25, 0.3) is 0 Å². The van der Waals surface area contributed by atoms with E-state index in [1.54, 1.807) is 28.4 Å². The van der Waals surface area contributed by atoms with Gasteiger partial charge in [-0.2, -0.15) is 0 Å². The first-order valence-electron chi connectivity index (χ1n) is 8.95. The van der Waals surface area contributed by atoms with Crippen LogP contribution in [0, 0.1) is 0 Å². The van der Waals surface area contributed by atoms with Gasteiger partial charge in [-0.25, -0.2) is 0 Å². The van der Waals surface area contributed by atoms with E-state index >= 15 is 0 Å². The lowest BCUT2D eigenvalue weighted by atomic mass is 9.86. The van der Waals surface area contributed by atoms with Crippen molar-refractivity contribution in [3.63, 3.8) is 0 Å². The van der Waals surface area contributed by atoms with E-state index in [-0.39, 0.29) is 6.04 Å². The molecule has 0 fully saturated rings. The van der Waals surface area contributed by atoms with Crippen molar-refractivity contribution in [2.45, 2.75) is 24.9 Å². The molecule has 0 amide bonds. The van der Waals surface area contributed by atoms with Crippen LogP contribution >= 0.6 is 0 Å². The fourth-order valence-corrected chi connectivity index (χ4v) is 3.62. The van der Waals surface area contributed by atoms with Crippen molar-refractivity contribution in [2.75, 3.05) is 28.4 Å². The molecule has 2 aromatic rings. The molecule has 0 spiro atoms. The lowest BCUT2D eigenvalue weighted by molar-refractivity contribution is -0.139. The van der Waals surface area contributed by atoms with Gasteiger partial charge in [-0.15, -0.1) is 0 Å². The van der Waals surface area contributed by atoms with Crippen molar-refractivity contribution in [3.8, 4) is 23.0 Å². The van der Waals surface area contributed by atoms with E-state index in [1.807, 2.05) is 30.3 Å². The van der Waals surface area contributed by atoms with E-state index in [1.165, 1.54) is 0 Å². The first kappa shape index (κ1) is 19.8. The number of rotatable bonds is 7. The number of carboxylic acids is 1. The summed E-state index contributed by atoms with van der Waals surface area (Å²) in [6.07, 6.45) is 0.972. The molecule has 28 heavy (non-hydrogen) atoms. The SMILES string of the molecule is COc1ccc(CC2NC(C(=O)O)Cc3cc(OC)c(OC)cc32)cc1OC. The normalized spacial score (nSPS) is 18.1. The monoisotopic (exact) mass is 387 g/mol. The van der Waals surface area contributed by atoms with Gasteiger partial charge in [0.25, 0.3) is 0 Å². The molecule has 1 aliphatic rings. The summed E-state index contributed by atoms with van der Waals surface area (Å²) in [6, 6.07) is 8.64. The summed E-state index contributed by atoms with van der Waals surface area (Å²) in [5.41, 5.74) is 2.95. The number of hydrogen-bond donors (Lipinski definition) is 2. The summed E-state index contributed by atoms with van der Waals surface area (Å²) in [7, 11) is 6.34. The van der Waals surface area contributed by atoms with Crippen molar-refractivity contribution < 1.29 is 28.8 Å². The molecule has 0 aromatic heterocycles. The molecule has 3 rings (SSSR count). The van der Waals surface area contributed by atoms with Gasteiger partial charge < -0.3 is 24.1 Å². The number of carbonyl (C=O) groups is 1. The summed E-state index contributed by atoms with van der Waals surface area (Å²) < 4.78 is 21.5. The van der Waals surface area contributed by atoms with Crippen LogP contribution in [0.4, 0.5) is 0 Å². The van der Waals surface area contributed by atoms with Crippen LogP contribution in [0.3, 0.4) is 0 Å². The molecule has 0 aliphatic carbocycles. The summed E-state index contributed by atoms with van der Waals surface area (Å²) in [6.45, 7) is 0. The van der Waals surface area contributed by atoms with Crippen molar-refractivity contribution in [1.29, 1.82) is 0 Å². The van der Waals surface area contributed by atoms with Crippen molar-refractivity contribution in [2.24, 2.45) is 0 Å². The number of carboxylic acid groups (broad SMARTS) is 1. The zero-order valence-corrected chi connectivity index (χ0v) is 16.4. The van der Waals surface area contributed by atoms with Crippen molar-refractivity contribution >= 4 is 5.97 Å². The minimum Gasteiger partial charge on any atom is -0.493 e. The van der Waals surface area contributed by atoms with Gasteiger partial charge in [0.2, 0.25) is 0 Å². The average molecular weight is 387 g/mol. The Balaban J connectivity index is 1.99. The van der Waals surface area contributed by atoms with Crippen LogP contribution in [0.5, 0.6) is 23.0 Å². The molecule has 0 radical (unpaired) electrons. The number of ether oxygens (including phenoxy) is 4. The van der Waals surface area contributed by atoms with Gasteiger partial charge >= 0.3 is 5.97 Å². The molecule has 2 aromatic carbocycles. The Kier molecular flexibility index (Phi) is 5.94. The van der Waals surface area contributed by atoms with Crippen molar-refractivity contribution in [3.05, 3.63) is 47.0 Å². The molecule has 0 bridgehead atoms. The third-order valence-corrected chi connectivity index (χ3v) is 5.03. The zero-order valence-electron chi connectivity index (χ0n) is 16.4. The second kappa shape index (κ2) is 8.39. The highest BCUT2D eigenvalue weighted by Crippen LogP contribution is 2.38. The van der Waals surface area contributed by atoms with Gasteiger partial charge in [0.15, 0.2) is 23.0 Å². The van der Waals surface area contributed by atoms with Gasteiger partial charge in [0.05, 0.1) is 28.4 Å². The standard InChI is InChI=1S/C21H25NO6/c1-25-17-6-5-12(8-18(17)26-2)7-15-14-11-20(28-4)19(27-3)10-13(14)9-16(22-15)21(23)24/h5-6,8,10-11,15-16,22H,7,9H2,1-4H3,(H,23,24). The predicted molar refractivity (Wildman–Crippen MR) is 104 cm³/mol. The molecule has 150 valence electrons. The summed E-state index contributed by atoms with van der Waals surface area (Å²) in [5, 5.41) is 12.8. The lowest BCUT2D eigenvalue weighted by Gasteiger charge is -2.32. The Morgan fingerprint density at radius 2 is 1.57 bits per heavy atom. The molecule has 1 heterocycles. The van der Waals surface area contributed by atoms with E-state index in [2.05, 4.69) is 5.32 Å². The van der Waals surface area contributed by atoms with Gasteiger partial charge in [0, 0.05) is 6.04 Å². The minimum absolute atomic E-state index is 0.192. The largest absolute Gasteiger partial charge is 0.493 e. The number of hydrogen-bond acceptors (Lipinski definition) is 6. The maximum absolute atomic E-state index is 11.7. The van der Waals surface area contributed by atoms with E-state index in [0.717, 1.165) is 16.7 Å². The highest BCUT2D eigenvalue weighted by Gasteiger charge is 2.32. The summed E-state index contributed by atoms with van der Waals surface area (Å²) in [5.74, 6) is 1.63. The Labute approximate surface area is 164 Å². The second-order valence-corrected chi connectivity index (χ2v) is 6.61. The first-order valence-corrected chi connectivity index (χ1v) is 8.95. The highest BCUT2D eigenvalue weighted by atomic mass is 16.5. The Bertz CT molecular complexity index is 866. The quantitative estimate of drug-likeness (QED) is 0.755. The van der Waals surface area contributed by atoms with Crippen LogP contribution < -0.4 is 24.3 Å². The van der Waals surface area contributed by atoms with Crippen LogP contribution in [0.2, 0.25) is 0 Å². The van der Waals surface area contributed by atoms with Crippen molar-refractivity contribution in [1.82, 2.24) is 5.32 Å². The molecule has 1 aliphatic heterocycles. The van der Waals surface area contributed by atoms with E-state index in [9.17, 15) is 9.90 Å². The van der Waals surface area contributed by atoms with Crippen LogP contribution in [0.15, 0.2) is 30.3 Å². The minimum atomic E-state index is -0.877. The third-order valence-electron chi connectivity index (χ3n) is 5.03. The second-order valence-electron chi connectivity index (χ2n) is 6.61. The van der Waals surface area contributed by atoms with Crippen LogP contribution in [0.1, 0.15) is 22.7 Å². The highest BCUT2D eigenvalue weighted by molar-refractivity contribution is 5.75. The molecular formula is C21H25NO6. The molecule has 7 heteroatoms. The fraction of sp³-hybridized carbons (Fsp3) is 0.381. The number of benzene rings is 2. The number of aliphatic carboxylic acids is 1. The molecule has 2 atom stereocenters. The lowest BCUT2D eigenvalue weighted by Crippen LogP contribution is -2.45. The summed E-state index contributed by atoms with van der Waals surface area (Å²) in [4.78, 5) is 11.7. The molecule has 7 nitrogen and oxygen atoms in total. The van der Waals surface area contributed by atoms with Crippen LogP contribution in [-0.4, -0.2) is 45.6 Å². The molecule has 2 N–H and O–H groups in total. The molecule has 0 saturated heterocycles. The van der Waals surface area contributed by atoms with Gasteiger partial charge in [-0.05, 0) is 53.8 Å². The molecule has 0 saturated carbocycles. The first-order chi connectivity index (χ1) is 13.5. The summed E-state index contributed by atoms with van der Waals surface area (Å²) >= 11 is 0. The number of fused-ring (bicyclic) bond motifs is 1. The third kappa shape index (κ3) is 3.84. The topological polar surface area (TPSA) is 86.3 Å². The number of methoxy groups -OCH3 is 4. The van der Waals surface area contributed by atoms with E-state index < -0.39 is 12.0 Å². The maximum atomic E-state index is 11.7. The van der Waals surface area contributed by atoms with Crippen LogP contribution in [-0.2, 0) is 17.6 Å². The molecular weight excluding hydrogens is 362 g/mol. The van der Waals surface area contributed by atoms with Gasteiger partial charge in [-0.1, -0.05) is 6.07 Å². The Hall–Kier alpha value is -2.93. The zero-order chi connectivity index (χ0) is 20.3. The predicted octanol–water partition coefficient (Wildman–Crippen LogP) is 2.60. The maximum Gasteiger partial charge on any atom is 0.321 e. The Morgan fingerprint density at radius 3 is 2.18 bits per heavy atom. The van der Waals surface area contributed by atoms with E-state index in [4.69, 9.17) is 18.9 Å². The number of nitrogens with one attached hydrogen (secondary N) is 1. The smallest absolute Gasteiger partial charge is 0.321 e. The van der Waals surface area contributed by atoms with Gasteiger partial charge in [-0.3, -0.25) is 10.1 Å². The molecule has 2 unspecified atom stereocenters. The average Bonchev–Trinajstić information content (AvgIpc) is 2.72. The fourth-order valence-electron chi connectivity index (χ4n) is 3.62.